The molecule has 2 aliphatic rings. The first-order valence-electron chi connectivity index (χ1n) is 25.9. The first-order valence-corrected chi connectivity index (χ1v) is 25.9. The van der Waals surface area contributed by atoms with Gasteiger partial charge < -0.3 is 62.1 Å². The highest BCUT2D eigenvalue weighted by Crippen LogP contribution is 2.29. The van der Waals surface area contributed by atoms with Gasteiger partial charge in [0.1, 0.15) is 24.7 Å². The maximum Gasteiger partial charge on any atom is 0.326 e. The van der Waals surface area contributed by atoms with Gasteiger partial charge in [-0.3, -0.25) is 29.0 Å². The number of urea groups is 1. The van der Waals surface area contributed by atoms with Crippen LogP contribution < -0.4 is 37.2 Å². The Morgan fingerprint density at radius 1 is 0.685 bits per heavy atom. The van der Waals surface area contributed by atoms with E-state index in [1.54, 1.807) is 0 Å². The van der Waals surface area contributed by atoms with Crippen LogP contribution in [0.5, 0.6) is 0 Å². The fraction of sp³-hybridized carbons (Fsp3) is 0.660. The first-order chi connectivity index (χ1) is 35.2. The van der Waals surface area contributed by atoms with E-state index in [1.807, 2.05) is 17.0 Å². The molecule has 23 heteroatoms. The maximum absolute atomic E-state index is 12.4. The summed E-state index contributed by atoms with van der Waals surface area (Å²) in [6.07, 6.45) is 13.9. The Morgan fingerprint density at radius 3 is 2.07 bits per heavy atom. The number of nitrogens with two attached hydrogens (primary N) is 1. The quantitative estimate of drug-likeness (QED) is 0.0374. The number of anilines is 4. The van der Waals surface area contributed by atoms with Crippen LogP contribution in [0.3, 0.4) is 0 Å². The van der Waals surface area contributed by atoms with Crippen LogP contribution in [0.25, 0.3) is 0 Å². The average molecular weight is 1020 g/mol. The lowest BCUT2D eigenvalue weighted by Gasteiger charge is -2.31. The van der Waals surface area contributed by atoms with Crippen LogP contribution in [0.1, 0.15) is 121 Å². The van der Waals surface area contributed by atoms with Crippen molar-refractivity contribution < 1.29 is 53.7 Å². The zero-order valence-electron chi connectivity index (χ0n) is 42.1. The standard InChI is InChI=1S/C50H78N12O11/c51-45(70)40(20-21-43(66)67)55-50(73)56-41(46(71)72)14-6-9-23-52-42(65)15-5-2-1-3-8-24-53-47-57-48(59-49(58-47)62-26-10-4-11-27-62)54-39-18-16-36(17-19-39)33-38-34-61(30-32-64)29-28-60(35-44(68)69)25-12-7-13-37(38)22-31-63/h16-19,31-32,37-38,40-41H,1-15,20-30,33-35H2,(H2,51,70)(H,52,65)(H,66,67)(H,68,69)(H,71,72)(H2,55,56,73)(H2,53,54,57,58,59)/t37-,38?,40+,41+/m1/s1. The number of carbonyl (C=O) groups excluding carboxylic acids is 5. The van der Waals surface area contributed by atoms with E-state index in [4.69, 9.17) is 25.8 Å². The van der Waals surface area contributed by atoms with Gasteiger partial charge in [0.25, 0.3) is 0 Å². The Kier molecular flexibility index (Phi) is 26.9. The predicted molar refractivity (Wildman–Crippen MR) is 273 cm³/mol. The van der Waals surface area contributed by atoms with Gasteiger partial charge in [-0.05, 0) is 113 Å². The molecule has 4 atom stereocenters. The topological polar surface area (TPSA) is 332 Å². The van der Waals surface area contributed by atoms with Crippen molar-refractivity contribution in [2.24, 2.45) is 17.6 Å². The number of benzene rings is 1. The molecule has 2 aromatic rings. The van der Waals surface area contributed by atoms with Gasteiger partial charge in [-0.15, -0.1) is 0 Å². The van der Waals surface area contributed by atoms with Crippen molar-refractivity contribution in [1.29, 1.82) is 0 Å². The number of hydrogen-bond donors (Lipinski definition) is 9. The minimum absolute atomic E-state index is 0.0399. The normalized spacial score (nSPS) is 17.7. The number of aromatic nitrogens is 3. The Labute approximate surface area is 427 Å². The largest absolute Gasteiger partial charge is 0.481 e. The van der Waals surface area contributed by atoms with Gasteiger partial charge in [-0.2, -0.15) is 15.0 Å². The fourth-order valence-electron chi connectivity index (χ4n) is 9.22. The number of carboxylic acids is 3. The summed E-state index contributed by atoms with van der Waals surface area (Å²) in [4.78, 5) is 114. The summed E-state index contributed by atoms with van der Waals surface area (Å²) in [5, 5.41) is 41.9. The average Bonchev–Trinajstić information content (AvgIpc) is 3.38. The van der Waals surface area contributed by atoms with Crippen molar-refractivity contribution >= 4 is 71.9 Å². The van der Waals surface area contributed by atoms with Crippen molar-refractivity contribution in [3.8, 4) is 0 Å². The van der Waals surface area contributed by atoms with Crippen LogP contribution in [0.15, 0.2) is 24.3 Å². The molecule has 4 amide bonds. The van der Waals surface area contributed by atoms with E-state index >= 15 is 0 Å². The number of aliphatic carboxylic acids is 3. The maximum atomic E-state index is 12.4. The van der Waals surface area contributed by atoms with E-state index in [0.29, 0.717) is 82.8 Å². The molecular weight excluding hydrogens is 945 g/mol. The zero-order valence-corrected chi connectivity index (χ0v) is 42.1. The van der Waals surface area contributed by atoms with Crippen molar-refractivity contribution in [2.45, 2.75) is 134 Å². The summed E-state index contributed by atoms with van der Waals surface area (Å²) in [7, 11) is 0. The van der Waals surface area contributed by atoms with Crippen LogP contribution in [0.4, 0.5) is 28.3 Å². The molecule has 1 unspecified atom stereocenters. The lowest BCUT2D eigenvalue weighted by atomic mass is 9.81. The smallest absolute Gasteiger partial charge is 0.326 e. The zero-order chi connectivity index (χ0) is 52.8. The van der Waals surface area contributed by atoms with Crippen molar-refractivity contribution in [3.05, 3.63) is 29.8 Å². The van der Waals surface area contributed by atoms with Crippen LogP contribution in [0.2, 0.25) is 0 Å². The molecule has 2 aliphatic heterocycles. The molecule has 0 spiro atoms. The molecule has 0 saturated carbocycles. The number of aldehydes is 2. The van der Waals surface area contributed by atoms with Gasteiger partial charge in [0.05, 0.1) is 13.1 Å². The van der Waals surface area contributed by atoms with Crippen LogP contribution >= 0.6 is 0 Å². The van der Waals surface area contributed by atoms with E-state index in [-0.39, 0.29) is 43.7 Å². The molecule has 2 fully saturated rings. The molecule has 1 aromatic heterocycles. The molecule has 404 valence electrons. The Morgan fingerprint density at radius 2 is 1.37 bits per heavy atom. The highest BCUT2D eigenvalue weighted by Gasteiger charge is 2.27. The summed E-state index contributed by atoms with van der Waals surface area (Å²) < 4.78 is 0. The molecule has 4 rings (SSSR count). The van der Waals surface area contributed by atoms with Gasteiger partial charge in [-0.25, -0.2) is 9.59 Å². The molecule has 3 heterocycles. The van der Waals surface area contributed by atoms with E-state index < -0.39 is 48.4 Å². The number of hydrogen-bond acceptors (Lipinski definition) is 16. The minimum atomic E-state index is -1.28. The van der Waals surface area contributed by atoms with Crippen molar-refractivity contribution in [3.63, 3.8) is 0 Å². The minimum Gasteiger partial charge on any atom is -0.481 e. The SMILES string of the molecule is NC(=O)[C@H](CCC(=O)O)NC(=O)N[C@@H](CCCCNC(=O)CCCCCCCNc1nc(Nc2ccc(CC3CN(CC=O)CCN(CC(=O)O)CCCC[C@@H]3CC=O)cc2)nc(N2CCCCC2)n1)C(=O)O. The summed E-state index contributed by atoms with van der Waals surface area (Å²) in [5.41, 5.74) is 7.13. The number of nitrogens with one attached hydrogen (secondary N) is 5. The van der Waals surface area contributed by atoms with Gasteiger partial charge in [0.2, 0.25) is 29.7 Å². The Bertz CT molecular complexity index is 2060. The number of carbonyl (C=O) groups is 8. The predicted octanol–water partition coefficient (Wildman–Crippen LogP) is 3.55. The third-order valence-corrected chi connectivity index (χ3v) is 13.3. The summed E-state index contributed by atoms with van der Waals surface area (Å²) in [6, 6.07) is 4.65. The number of carboxylic acid groups (broad SMARTS) is 3. The summed E-state index contributed by atoms with van der Waals surface area (Å²) in [6.45, 7) is 5.33. The molecule has 1 aromatic carbocycles. The number of amides is 4. The third kappa shape index (κ3) is 23.7. The number of unbranched alkanes of at least 4 members (excludes halogenated alkanes) is 5. The van der Waals surface area contributed by atoms with Crippen molar-refractivity contribution in [1.82, 2.24) is 40.7 Å². The van der Waals surface area contributed by atoms with Gasteiger partial charge in [0.15, 0.2) is 0 Å². The number of rotatable bonds is 32. The van der Waals surface area contributed by atoms with E-state index in [0.717, 1.165) is 114 Å². The molecule has 10 N–H and O–H groups in total. The van der Waals surface area contributed by atoms with Crippen LogP contribution in [-0.2, 0) is 40.0 Å². The van der Waals surface area contributed by atoms with E-state index in [9.17, 15) is 48.6 Å². The summed E-state index contributed by atoms with van der Waals surface area (Å²) >= 11 is 0. The fourth-order valence-corrected chi connectivity index (χ4v) is 9.22. The molecule has 23 nitrogen and oxygen atoms in total. The number of primary amides is 1. The van der Waals surface area contributed by atoms with Crippen LogP contribution in [0, 0.1) is 11.8 Å². The first kappa shape index (κ1) is 59.1. The van der Waals surface area contributed by atoms with Crippen LogP contribution in [-0.4, -0.2) is 166 Å². The monoisotopic (exact) mass is 1020 g/mol. The molecule has 0 aliphatic carbocycles. The lowest BCUT2D eigenvalue weighted by Crippen LogP contribution is -2.52. The second-order valence-corrected chi connectivity index (χ2v) is 19.1. The third-order valence-electron chi connectivity index (χ3n) is 13.3. The van der Waals surface area contributed by atoms with Gasteiger partial charge in [0, 0.05) is 70.8 Å². The van der Waals surface area contributed by atoms with Crippen molar-refractivity contribution in [2.75, 3.05) is 81.0 Å². The number of piperidine rings is 1. The van der Waals surface area contributed by atoms with Gasteiger partial charge in [-0.1, -0.05) is 37.8 Å². The highest BCUT2D eigenvalue weighted by molar-refractivity contribution is 5.88. The number of nitrogens with zero attached hydrogens (tertiary/aromatic N) is 6. The molecular formula is C50H78N12O11. The molecule has 2 saturated heterocycles. The van der Waals surface area contributed by atoms with Gasteiger partial charge >= 0.3 is 23.9 Å². The second-order valence-electron chi connectivity index (χ2n) is 19.1. The molecule has 0 radical (unpaired) electrons. The molecule has 73 heavy (non-hydrogen) atoms. The summed E-state index contributed by atoms with van der Waals surface area (Å²) in [5.74, 6) is -2.59. The Hall–Kier alpha value is -6.49. The van der Waals surface area contributed by atoms with E-state index in [2.05, 4.69) is 48.5 Å². The highest BCUT2D eigenvalue weighted by atomic mass is 16.4. The van der Waals surface area contributed by atoms with E-state index in [1.165, 1.54) is 0 Å². The molecule has 0 bridgehead atoms. The lowest BCUT2D eigenvalue weighted by molar-refractivity contribution is -0.140. The second kappa shape index (κ2) is 33.3. The Balaban J connectivity index is 1.20.